The van der Waals surface area contributed by atoms with E-state index in [0.717, 1.165) is 49.7 Å². The number of hydrogen-bond acceptors (Lipinski definition) is 5. The third kappa shape index (κ3) is 3.00. The molecular formula is C18H24N5OS+. The maximum Gasteiger partial charge on any atom is 0.275 e. The molecule has 2 aromatic rings. The number of thiophene rings is 1. The molecular weight excluding hydrogens is 334 g/mol. The van der Waals surface area contributed by atoms with Crippen LogP contribution in [0.15, 0.2) is 6.33 Å². The number of carbonyl (C=O) groups excluding carboxylic acids is 1. The lowest BCUT2D eigenvalue weighted by molar-refractivity contribution is -0.892. The van der Waals surface area contributed by atoms with Crippen molar-refractivity contribution in [3.05, 3.63) is 16.8 Å². The fourth-order valence-corrected chi connectivity index (χ4v) is 5.32. The summed E-state index contributed by atoms with van der Waals surface area (Å²) in [5, 5.41) is 4.40. The van der Waals surface area contributed by atoms with Crippen LogP contribution in [-0.2, 0) is 17.6 Å². The predicted octanol–water partition coefficient (Wildman–Crippen LogP) is 0.164. The second-order valence-corrected chi connectivity index (χ2v) is 8.57. The largest absolute Gasteiger partial charge is 0.348 e. The molecule has 132 valence electrons. The number of nitrogens with zero attached hydrogens (tertiary/aromatic N) is 3. The smallest absolute Gasteiger partial charge is 0.275 e. The summed E-state index contributed by atoms with van der Waals surface area (Å²) in [6.45, 7) is 4.52. The molecule has 0 spiro atoms. The highest BCUT2D eigenvalue weighted by Crippen LogP contribution is 2.40. The Labute approximate surface area is 151 Å². The number of quaternary nitrogens is 1. The summed E-state index contributed by atoms with van der Waals surface area (Å²) in [4.78, 5) is 27.6. The highest BCUT2D eigenvalue weighted by Gasteiger charge is 2.29. The molecule has 0 aromatic carbocycles. The molecule has 2 aliphatic carbocycles. The molecule has 0 radical (unpaired) electrons. The Hall–Kier alpha value is -1.73. The number of anilines is 1. The number of aromatic nitrogens is 2. The molecule has 3 heterocycles. The molecule has 1 aliphatic heterocycles. The molecule has 1 saturated carbocycles. The minimum atomic E-state index is 0.214. The van der Waals surface area contributed by atoms with Crippen molar-refractivity contribution in [1.82, 2.24) is 15.3 Å². The van der Waals surface area contributed by atoms with E-state index in [2.05, 4.69) is 20.2 Å². The lowest BCUT2D eigenvalue weighted by atomic mass is 10.1. The maximum atomic E-state index is 12.0. The molecule has 0 unspecified atom stereocenters. The fraction of sp³-hybridized carbons (Fsp3) is 0.611. The molecule has 2 aromatic heterocycles. The van der Waals surface area contributed by atoms with E-state index in [0.29, 0.717) is 12.6 Å². The van der Waals surface area contributed by atoms with Gasteiger partial charge in [0.05, 0.1) is 31.6 Å². The zero-order chi connectivity index (χ0) is 16.8. The predicted molar refractivity (Wildman–Crippen MR) is 98.4 cm³/mol. The third-order valence-electron chi connectivity index (χ3n) is 5.60. The van der Waals surface area contributed by atoms with Crippen molar-refractivity contribution in [3.8, 4) is 0 Å². The first kappa shape index (κ1) is 15.5. The van der Waals surface area contributed by atoms with Gasteiger partial charge in [0.1, 0.15) is 17.0 Å². The number of hydrogen-bond donors (Lipinski definition) is 2. The number of nitrogens with one attached hydrogen (secondary N) is 2. The summed E-state index contributed by atoms with van der Waals surface area (Å²) < 4.78 is 0. The Balaban J connectivity index is 1.29. The van der Waals surface area contributed by atoms with Gasteiger partial charge in [-0.3, -0.25) is 4.79 Å². The van der Waals surface area contributed by atoms with Crippen LogP contribution in [0.2, 0.25) is 0 Å². The topological polar surface area (TPSA) is 62.6 Å². The van der Waals surface area contributed by atoms with Crippen LogP contribution in [0.4, 0.5) is 5.82 Å². The Morgan fingerprint density at radius 3 is 2.92 bits per heavy atom. The van der Waals surface area contributed by atoms with Crippen LogP contribution in [0, 0.1) is 0 Å². The minimum Gasteiger partial charge on any atom is -0.348 e. The van der Waals surface area contributed by atoms with E-state index in [9.17, 15) is 4.79 Å². The van der Waals surface area contributed by atoms with Gasteiger partial charge in [0, 0.05) is 10.9 Å². The van der Waals surface area contributed by atoms with Crippen molar-refractivity contribution in [2.24, 2.45) is 0 Å². The van der Waals surface area contributed by atoms with Crippen molar-refractivity contribution < 1.29 is 9.69 Å². The number of piperazine rings is 1. The third-order valence-corrected chi connectivity index (χ3v) is 6.80. The van der Waals surface area contributed by atoms with Crippen LogP contribution < -0.4 is 15.1 Å². The van der Waals surface area contributed by atoms with Gasteiger partial charge in [-0.1, -0.05) is 0 Å². The van der Waals surface area contributed by atoms with E-state index in [1.807, 2.05) is 11.3 Å². The molecule has 5 rings (SSSR count). The van der Waals surface area contributed by atoms with Crippen LogP contribution in [0.1, 0.15) is 29.7 Å². The number of carbonyl (C=O) groups is 1. The molecule has 0 bridgehead atoms. The van der Waals surface area contributed by atoms with Gasteiger partial charge in [-0.05, 0) is 37.7 Å². The lowest BCUT2D eigenvalue weighted by Crippen LogP contribution is -3.16. The number of amides is 1. The average molecular weight is 358 g/mol. The Bertz CT molecular complexity index is 807. The highest BCUT2D eigenvalue weighted by atomic mass is 32.1. The van der Waals surface area contributed by atoms with Crippen molar-refractivity contribution in [2.75, 3.05) is 37.6 Å². The number of rotatable bonds is 4. The summed E-state index contributed by atoms with van der Waals surface area (Å²) >= 11 is 1.85. The molecule has 3 aliphatic rings. The van der Waals surface area contributed by atoms with Gasteiger partial charge < -0.3 is 15.1 Å². The fourth-order valence-electron chi connectivity index (χ4n) is 4.10. The average Bonchev–Trinajstić information content (AvgIpc) is 3.17. The van der Waals surface area contributed by atoms with E-state index in [4.69, 9.17) is 0 Å². The Morgan fingerprint density at radius 2 is 2.12 bits per heavy atom. The molecule has 2 N–H and O–H groups in total. The van der Waals surface area contributed by atoms with E-state index < -0.39 is 0 Å². The quantitative estimate of drug-likeness (QED) is 0.818. The first-order valence-corrected chi connectivity index (χ1v) is 10.2. The Morgan fingerprint density at radius 1 is 1.28 bits per heavy atom. The van der Waals surface area contributed by atoms with Crippen LogP contribution in [0.5, 0.6) is 0 Å². The van der Waals surface area contributed by atoms with E-state index in [-0.39, 0.29) is 5.91 Å². The van der Waals surface area contributed by atoms with Crippen LogP contribution in [-0.4, -0.2) is 54.6 Å². The van der Waals surface area contributed by atoms with Crippen LogP contribution in [0.3, 0.4) is 0 Å². The van der Waals surface area contributed by atoms with Crippen molar-refractivity contribution in [3.63, 3.8) is 0 Å². The van der Waals surface area contributed by atoms with Gasteiger partial charge >= 0.3 is 0 Å². The minimum absolute atomic E-state index is 0.214. The number of fused-ring (bicyclic) bond motifs is 3. The monoisotopic (exact) mass is 358 g/mol. The Kier molecular flexibility index (Phi) is 3.86. The van der Waals surface area contributed by atoms with Crippen LogP contribution in [0.25, 0.3) is 10.2 Å². The molecule has 2 fully saturated rings. The molecule has 1 saturated heterocycles. The molecule has 25 heavy (non-hydrogen) atoms. The van der Waals surface area contributed by atoms with Crippen molar-refractivity contribution in [2.45, 2.75) is 38.1 Å². The second-order valence-electron chi connectivity index (χ2n) is 7.49. The van der Waals surface area contributed by atoms with Crippen molar-refractivity contribution in [1.29, 1.82) is 0 Å². The number of aryl methyl sites for hydroxylation is 2. The molecule has 6 nitrogen and oxygen atoms in total. The van der Waals surface area contributed by atoms with E-state index in [1.165, 1.54) is 40.0 Å². The summed E-state index contributed by atoms with van der Waals surface area (Å²) in [7, 11) is 0. The molecule has 7 heteroatoms. The van der Waals surface area contributed by atoms with Crippen LogP contribution >= 0.6 is 11.3 Å². The zero-order valence-electron chi connectivity index (χ0n) is 14.4. The highest BCUT2D eigenvalue weighted by molar-refractivity contribution is 7.19. The second kappa shape index (κ2) is 6.21. The first-order chi connectivity index (χ1) is 12.3. The summed E-state index contributed by atoms with van der Waals surface area (Å²) in [6.07, 6.45) is 7.66. The van der Waals surface area contributed by atoms with Gasteiger partial charge in [-0.25, -0.2) is 9.97 Å². The van der Waals surface area contributed by atoms with Gasteiger partial charge in [0.25, 0.3) is 5.91 Å². The van der Waals surface area contributed by atoms with Gasteiger partial charge in [0.2, 0.25) is 0 Å². The maximum absolute atomic E-state index is 12.0. The lowest BCUT2D eigenvalue weighted by Gasteiger charge is -2.33. The first-order valence-electron chi connectivity index (χ1n) is 9.41. The van der Waals surface area contributed by atoms with Crippen molar-refractivity contribution >= 4 is 33.3 Å². The zero-order valence-corrected chi connectivity index (χ0v) is 15.2. The molecule has 0 atom stereocenters. The molecule has 1 amide bonds. The summed E-state index contributed by atoms with van der Waals surface area (Å²) in [5.41, 5.74) is 1.49. The summed E-state index contributed by atoms with van der Waals surface area (Å²) in [6, 6.07) is 0.461. The summed E-state index contributed by atoms with van der Waals surface area (Å²) in [5.74, 6) is 1.33. The van der Waals surface area contributed by atoms with Gasteiger partial charge in [-0.15, -0.1) is 11.3 Å². The van der Waals surface area contributed by atoms with Gasteiger partial charge in [0.15, 0.2) is 6.54 Å². The standard InChI is InChI=1S/C18H23N5OS/c24-15(21-12-4-5-12)10-22-6-8-23(9-7-22)17-16-13-2-1-3-14(13)25-18(16)20-11-19-17/h11-12H,1-10H2,(H,21,24)/p+1. The van der Waals surface area contributed by atoms with E-state index >= 15 is 0 Å². The van der Waals surface area contributed by atoms with Gasteiger partial charge in [-0.2, -0.15) is 0 Å². The SMILES string of the molecule is O=C(C[NH+]1CCN(c2ncnc3sc4c(c23)CCC4)CC1)NC1CC1. The normalized spacial score (nSPS) is 20.9. The van der Waals surface area contributed by atoms with E-state index in [1.54, 1.807) is 6.33 Å².